The van der Waals surface area contributed by atoms with Crippen LogP contribution in [0, 0.1) is 10.1 Å². The number of urea groups is 1. The van der Waals surface area contributed by atoms with Gasteiger partial charge in [-0.3, -0.25) is 10.1 Å². The maximum absolute atomic E-state index is 11.7. The molecule has 0 bridgehead atoms. The van der Waals surface area contributed by atoms with Crippen molar-refractivity contribution in [3.05, 3.63) is 32.8 Å². The second-order valence-corrected chi connectivity index (χ2v) is 4.93. The van der Waals surface area contributed by atoms with Gasteiger partial charge in [0, 0.05) is 23.2 Å². The molecule has 0 radical (unpaired) electrons. The second-order valence-electron chi connectivity index (χ2n) is 4.08. The number of nitro groups is 1. The first-order valence-corrected chi connectivity index (χ1v) is 6.45. The van der Waals surface area contributed by atoms with Gasteiger partial charge in [0.1, 0.15) is 0 Å². The molecule has 1 unspecified atom stereocenters. The molecule has 7 nitrogen and oxygen atoms in total. The van der Waals surface area contributed by atoms with Crippen molar-refractivity contribution >= 4 is 33.3 Å². The van der Waals surface area contributed by atoms with Crippen molar-refractivity contribution in [3.63, 3.8) is 0 Å². The lowest BCUT2D eigenvalue weighted by Gasteiger charge is -2.12. The lowest BCUT2D eigenvalue weighted by Crippen LogP contribution is -2.38. The van der Waals surface area contributed by atoms with E-state index in [9.17, 15) is 14.9 Å². The second kappa shape index (κ2) is 5.98. The summed E-state index contributed by atoms with van der Waals surface area (Å²) in [5.74, 6) is 0. The van der Waals surface area contributed by atoms with Gasteiger partial charge in [0.05, 0.1) is 23.3 Å². The van der Waals surface area contributed by atoms with E-state index in [4.69, 9.17) is 4.74 Å². The number of carbonyl (C=O) groups excluding carboxylic acids is 1. The summed E-state index contributed by atoms with van der Waals surface area (Å²) in [7, 11) is 0. The topological polar surface area (TPSA) is 93.5 Å². The number of amides is 2. The molecule has 1 aromatic carbocycles. The average Bonchev–Trinajstić information content (AvgIpc) is 2.84. The summed E-state index contributed by atoms with van der Waals surface area (Å²) in [6, 6.07) is 3.76. The Morgan fingerprint density at radius 2 is 2.32 bits per heavy atom. The number of anilines is 1. The highest BCUT2D eigenvalue weighted by Crippen LogP contribution is 2.27. The fourth-order valence-electron chi connectivity index (χ4n) is 1.71. The normalized spacial score (nSPS) is 18.1. The third kappa shape index (κ3) is 3.65. The minimum atomic E-state index is -0.514. The zero-order valence-corrected chi connectivity index (χ0v) is 11.5. The SMILES string of the molecule is O=C(Nc1cc([N+](=O)[O-])ccc1Br)NC1CCOC1. The number of hydrogen-bond donors (Lipinski definition) is 2. The zero-order chi connectivity index (χ0) is 13.8. The molecule has 102 valence electrons. The van der Waals surface area contributed by atoms with Crippen molar-refractivity contribution in [2.75, 3.05) is 18.5 Å². The number of halogens is 1. The quantitative estimate of drug-likeness (QED) is 0.657. The number of rotatable bonds is 3. The van der Waals surface area contributed by atoms with Crippen LogP contribution in [-0.2, 0) is 4.74 Å². The summed E-state index contributed by atoms with van der Waals surface area (Å²) in [6.45, 7) is 1.12. The number of non-ortho nitro benzene ring substituents is 1. The van der Waals surface area contributed by atoms with Gasteiger partial charge in [-0.1, -0.05) is 0 Å². The molecule has 1 aromatic rings. The van der Waals surface area contributed by atoms with Crippen LogP contribution in [0.5, 0.6) is 0 Å². The van der Waals surface area contributed by atoms with Crippen LogP contribution in [0.1, 0.15) is 6.42 Å². The summed E-state index contributed by atoms with van der Waals surface area (Å²) in [5, 5.41) is 16.0. The Kier molecular flexibility index (Phi) is 4.33. The average molecular weight is 330 g/mol. The van der Waals surface area contributed by atoms with E-state index < -0.39 is 11.0 Å². The Morgan fingerprint density at radius 3 is 2.95 bits per heavy atom. The maximum Gasteiger partial charge on any atom is 0.319 e. The van der Waals surface area contributed by atoms with Crippen molar-refractivity contribution in [2.45, 2.75) is 12.5 Å². The molecule has 1 atom stereocenters. The third-order valence-corrected chi connectivity index (χ3v) is 3.37. The highest BCUT2D eigenvalue weighted by molar-refractivity contribution is 9.10. The fourth-order valence-corrected chi connectivity index (χ4v) is 2.06. The van der Waals surface area contributed by atoms with Crippen molar-refractivity contribution < 1.29 is 14.5 Å². The number of ether oxygens (including phenoxy) is 1. The maximum atomic E-state index is 11.7. The molecule has 1 heterocycles. The minimum Gasteiger partial charge on any atom is -0.379 e. The number of nitrogens with one attached hydrogen (secondary N) is 2. The van der Waals surface area contributed by atoms with Crippen molar-refractivity contribution in [2.24, 2.45) is 0 Å². The van der Waals surface area contributed by atoms with Crippen LogP contribution in [0.25, 0.3) is 0 Å². The molecular weight excluding hydrogens is 318 g/mol. The van der Waals surface area contributed by atoms with Gasteiger partial charge in [0.2, 0.25) is 0 Å². The summed E-state index contributed by atoms with van der Waals surface area (Å²) >= 11 is 3.23. The van der Waals surface area contributed by atoms with Crippen molar-refractivity contribution in [1.82, 2.24) is 5.32 Å². The van der Waals surface area contributed by atoms with Gasteiger partial charge >= 0.3 is 6.03 Å². The van der Waals surface area contributed by atoms with Gasteiger partial charge in [-0.2, -0.15) is 0 Å². The van der Waals surface area contributed by atoms with Crippen LogP contribution in [0.2, 0.25) is 0 Å². The van der Waals surface area contributed by atoms with E-state index in [1.165, 1.54) is 18.2 Å². The lowest BCUT2D eigenvalue weighted by molar-refractivity contribution is -0.384. The van der Waals surface area contributed by atoms with Gasteiger partial charge in [0.15, 0.2) is 0 Å². The van der Waals surface area contributed by atoms with E-state index >= 15 is 0 Å². The summed E-state index contributed by atoms with van der Waals surface area (Å²) in [6.07, 6.45) is 0.767. The summed E-state index contributed by atoms with van der Waals surface area (Å²) < 4.78 is 5.72. The van der Waals surface area contributed by atoms with Crippen LogP contribution < -0.4 is 10.6 Å². The largest absolute Gasteiger partial charge is 0.379 e. The van der Waals surface area contributed by atoms with Crippen LogP contribution in [0.15, 0.2) is 22.7 Å². The number of nitrogens with zero attached hydrogens (tertiary/aromatic N) is 1. The highest BCUT2D eigenvalue weighted by atomic mass is 79.9. The molecule has 2 rings (SSSR count). The standard InChI is InChI=1S/C11H12BrN3O4/c12-9-2-1-8(15(17)18)5-10(9)14-11(16)13-7-3-4-19-6-7/h1-2,5,7H,3-4,6H2,(H2,13,14,16). The molecule has 8 heteroatoms. The van der Waals surface area contributed by atoms with Gasteiger partial charge < -0.3 is 15.4 Å². The third-order valence-electron chi connectivity index (χ3n) is 2.67. The Labute approximate surface area is 117 Å². The fraction of sp³-hybridized carbons (Fsp3) is 0.364. The van der Waals surface area contributed by atoms with E-state index in [1.54, 1.807) is 0 Å². The monoisotopic (exact) mass is 329 g/mol. The van der Waals surface area contributed by atoms with Crippen LogP contribution >= 0.6 is 15.9 Å². The Hall–Kier alpha value is -1.67. The molecule has 0 spiro atoms. The van der Waals surface area contributed by atoms with Crippen molar-refractivity contribution in [1.29, 1.82) is 0 Å². The number of nitro benzene ring substituents is 1. The predicted molar refractivity (Wildman–Crippen MR) is 72.2 cm³/mol. The van der Waals surface area contributed by atoms with Crippen LogP contribution in [-0.4, -0.2) is 30.2 Å². The molecule has 2 amide bonds. The van der Waals surface area contributed by atoms with E-state index in [-0.39, 0.29) is 11.7 Å². The molecule has 1 fully saturated rings. The van der Waals surface area contributed by atoms with Crippen LogP contribution in [0.4, 0.5) is 16.2 Å². The van der Waals surface area contributed by atoms with E-state index in [0.29, 0.717) is 23.4 Å². The first-order valence-electron chi connectivity index (χ1n) is 5.65. The van der Waals surface area contributed by atoms with E-state index in [0.717, 1.165) is 6.42 Å². The molecule has 1 saturated heterocycles. The molecule has 0 aliphatic carbocycles. The molecule has 0 aromatic heterocycles. The number of carbonyl (C=O) groups is 1. The minimum absolute atomic E-state index is 0.0162. The van der Waals surface area contributed by atoms with E-state index in [1.807, 2.05) is 0 Å². The zero-order valence-electron chi connectivity index (χ0n) is 9.89. The predicted octanol–water partition coefficient (Wildman–Crippen LogP) is 2.27. The first kappa shape index (κ1) is 13.8. The van der Waals surface area contributed by atoms with Gasteiger partial charge in [-0.25, -0.2) is 4.79 Å². The number of benzene rings is 1. The van der Waals surface area contributed by atoms with Crippen molar-refractivity contribution in [3.8, 4) is 0 Å². The number of hydrogen-bond acceptors (Lipinski definition) is 4. The summed E-state index contributed by atoms with van der Waals surface area (Å²) in [5.41, 5.74) is 0.272. The first-order chi connectivity index (χ1) is 9.06. The molecule has 19 heavy (non-hydrogen) atoms. The molecule has 1 aliphatic heterocycles. The van der Waals surface area contributed by atoms with Gasteiger partial charge in [0.25, 0.3) is 5.69 Å². The van der Waals surface area contributed by atoms with Crippen LogP contribution in [0.3, 0.4) is 0 Å². The Morgan fingerprint density at radius 1 is 1.53 bits per heavy atom. The molecule has 0 saturated carbocycles. The Bertz CT molecular complexity index is 503. The summed E-state index contributed by atoms with van der Waals surface area (Å²) in [4.78, 5) is 21.9. The van der Waals surface area contributed by atoms with Gasteiger partial charge in [-0.05, 0) is 28.4 Å². The lowest BCUT2D eigenvalue weighted by atomic mass is 10.2. The Balaban J connectivity index is 2.02. The highest BCUT2D eigenvalue weighted by Gasteiger charge is 2.18. The smallest absolute Gasteiger partial charge is 0.319 e. The van der Waals surface area contributed by atoms with Gasteiger partial charge in [-0.15, -0.1) is 0 Å². The van der Waals surface area contributed by atoms with E-state index in [2.05, 4.69) is 26.6 Å². The molecular formula is C11H12BrN3O4. The molecule has 1 aliphatic rings. The molecule has 2 N–H and O–H groups in total.